The first kappa shape index (κ1) is 19.1. The van der Waals surface area contributed by atoms with Gasteiger partial charge in [0.25, 0.3) is 0 Å². The fraction of sp³-hybridized carbons (Fsp3) is 0.333. The number of allylic oxidation sites excluding steroid dienone is 1. The van der Waals surface area contributed by atoms with Crippen LogP contribution in [0.1, 0.15) is 24.0 Å². The summed E-state index contributed by atoms with van der Waals surface area (Å²) in [4.78, 5) is 0.875. The predicted molar refractivity (Wildman–Crippen MR) is 107 cm³/mol. The Bertz CT molecular complexity index is 904. The molecule has 136 valence electrons. The highest BCUT2D eigenvalue weighted by molar-refractivity contribution is 7.95. The fourth-order valence-electron chi connectivity index (χ4n) is 3.29. The van der Waals surface area contributed by atoms with Gasteiger partial charge in [-0.05, 0) is 61.6 Å². The predicted octanol–water partition coefficient (Wildman–Crippen LogP) is 3.59. The number of methoxy groups -OCH3 is 1. The monoisotopic (exact) mass is 384 g/mol. The molecule has 26 heavy (non-hydrogen) atoms. The van der Waals surface area contributed by atoms with Crippen molar-refractivity contribution < 1.29 is 13.2 Å². The van der Waals surface area contributed by atoms with E-state index in [1.165, 1.54) is 16.3 Å². The molecule has 3 rings (SSSR count). The van der Waals surface area contributed by atoms with E-state index in [9.17, 15) is 8.42 Å². The van der Waals surface area contributed by atoms with Crippen LogP contribution in [0.5, 0.6) is 0 Å². The first-order chi connectivity index (χ1) is 12.4. The van der Waals surface area contributed by atoms with E-state index in [-0.39, 0.29) is 11.6 Å². The zero-order valence-corrected chi connectivity index (χ0v) is 17.2. The van der Waals surface area contributed by atoms with Crippen LogP contribution < -0.4 is 5.19 Å². The van der Waals surface area contributed by atoms with Crippen molar-refractivity contribution in [2.45, 2.75) is 43.2 Å². The molecule has 2 atom stereocenters. The Morgan fingerprint density at radius 3 is 2.42 bits per heavy atom. The van der Waals surface area contributed by atoms with Crippen molar-refractivity contribution in [3.8, 4) is 0 Å². The summed E-state index contributed by atoms with van der Waals surface area (Å²) in [5, 5.41) is 1.25. The second-order valence-corrected chi connectivity index (χ2v) is 10.2. The molecule has 0 saturated heterocycles. The molecule has 0 spiro atoms. The summed E-state index contributed by atoms with van der Waals surface area (Å²) in [5.41, 5.74) is 2.51. The molecule has 1 aliphatic carbocycles. The SMILES string of the molecule is COC1C=C(S(=O)(=O)c2ccccc2)C([Si]c2cccc(C)c2C)CC1. The van der Waals surface area contributed by atoms with E-state index >= 15 is 0 Å². The van der Waals surface area contributed by atoms with Gasteiger partial charge in [-0.25, -0.2) is 8.42 Å². The molecule has 5 heteroatoms. The normalized spacial score (nSPS) is 20.7. The molecule has 2 unspecified atom stereocenters. The van der Waals surface area contributed by atoms with Gasteiger partial charge in [-0.2, -0.15) is 0 Å². The average molecular weight is 385 g/mol. The van der Waals surface area contributed by atoms with E-state index in [4.69, 9.17) is 4.74 Å². The molecule has 0 N–H and O–H groups in total. The van der Waals surface area contributed by atoms with Gasteiger partial charge < -0.3 is 4.74 Å². The molecule has 2 aromatic carbocycles. The number of hydrogen-bond acceptors (Lipinski definition) is 3. The van der Waals surface area contributed by atoms with Gasteiger partial charge in [0.1, 0.15) is 0 Å². The van der Waals surface area contributed by atoms with Crippen molar-refractivity contribution in [3.63, 3.8) is 0 Å². The van der Waals surface area contributed by atoms with Crippen molar-refractivity contribution in [1.29, 1.82) is 0 Å². The quantitative estimate of drug-likeness (QED) is 0.740. The molecule has 0 amide bonds. The van der Waals surface area contributed by atoms with E-state index in [2.05, 4.69) is 32.0 Å². The zero-order valence-electron chi connectivity index (χ0n) is 15.4. The minimum absolute atomic E-state index is 0.00658. The number of rotatable bonds is 5. The van der Waals surface area contributed by atoms with Crippen molar-refractivity contribution in [1.82, 2.24) is 0 Å². The highest BCUT2D eigenvalue weighted by Crippen LogP contribution is 2.37. The third-order valence-corrected chi connectivity index (χ3v) is 8.98. The number of benzene rings is 2. The fourth-order valence-corrected chi connectivity index (χ4v) is 7.08. The van der Waals surface area contributed by atoms with Crippen LogP contribution in [0.15, 0.2) is 64.4 Å². The van der Waals surface area contributed by atoms with Crippen LogP contribution in [0.4, 0.5) is 0 Å². The summed E-state index contributed by atoms with van der Waals surface area (Å²) in [6.45, 7) is 4.22. The highest BCUT2D eigenvalue weighted by atomic mass is 32.2. The molecule has 3 nitrogen and oxygen atoms in total. The molecule has 0 aliphatic heterocycles. The van der Waals surface area contributed by atoms with Crippen LogP contribution in [0, 0.1) is 13.8 Å². The highest BCUT2D eigenvalue weighted by Gasteiger charge is 2.33. The van der Waals surface area contributed by atoms with E-state index in [1.54, 1.807) is 31.4 Å². The molecule has 2 aromatic rings. The summed E-state index contributed by atoms with van der Waals surface area (Å²) >= 11 is 0. The second kappa shape index (κ2) is 7.90. The van der Waals surface area contributed by atoms with Crippen molar-refractivity contribution >= 4 is 24.5 Å². The lowest BCUT2D eigenvalue weighted by atomic mass is 10.0. The van der Waals surface area contributed by atoms with E-state index < -0.39 is 9.84 Å². The van der Waals surface area contributed by atoms with E-state index in [0.29, 0.717) is 19.3 Å². The minimum Gasteiger partial charge on any atom is -0.377 e. The van der Waals surface area contributed by atoms with Crippen LogP contribution >= 0.6 is 0 Å². The van der Waals surface area contributed by atoms with Crippen molar-refractivity contribution in [3.05, 3.63) is 70.6 Å². The Morgan fingerprint density at radius 2 is 1.73 bits per heavy atom. The molecule has 1 aliphatic rings. The third-order valence-electron chi connectivity index (χ3n) is 5.03. The number of sulfone groups is 1. The van der Waals surface area contributed by atoms with Gasteiger partial charge >= 0.3 is 0 Å². The number of hydrogen-bond donors (Lipinski definition) is 0. The lowest BCUT2D eigenvalue weighted by Crippen LogP contribution is -2.30. The summed E-state index contributed by atoms with van der Waals surface area (Å²) in [7, 11) is -1.43. The van der Waals surface area contributed by atoms with Gasteiger partial charge in [-0.1, -0.05) is 41.6 Å². The van der Waals surface area contributed by atoms with Gasteiger partial charge in [0.2, 0.25) is 9.84 Å². The summed E-state index contributed by atoms with van der Waals surface area (Å²) in [6.07, 6.45) is 3.37. The second-order valence-electron chi connectivity index (χ2n) is 6.68. The van der Waals surface area contributed by atoms with Crippen LogP contribution in [0.25, 0.3) is 0 Å². The van der Waals surface area contributed by atoms with Crippen molar-refractivity contribution in [2.24, 2.45) is 0 Å². The lowest BCUT2D eigenvalue weighted by molar-refractivity contribution is 0.127. The van der Waals surface area contributed by atoms with E-state index in [1.807, 2.05) is 12.1 Å². The van der Waals surface area contributed by atoms with Gasteiger partial charge in [-0.3, -0.25) is 0 Å². The van der Waals surface area contributed by atoms with Crippen LogP contribution in [0.2, 0.25) is 5.54 Å². The van der Waals surface area contributed by atoms with Gasteiger partial charge in [0.15, 0.2) is 0 Å². The summed E-state index contributed by atoms with van der Waals surface area (Å²) in [5.74, 6) is 0. The topological polar surface area (TPSA) is 43.4 Å². The summed E-state index contributed by atoms with van der Waals surface area (Å²) in [6, 6.07) is 15.0. The van der Waals surface area contributed by atoms with Gasteiger partial charge in [0.05, 0.1) is 20.5 Å². The summed E-state index contributed by atoms with van der Waals surface area (Å²) < 4.78 is 32.0. The molecule has 0 aromatic heterocycles. The molecule has 0 fully saturated rings. The molecular formula is C21H24O3SSi. The Labute approximate surface area is 158 Å². The third kappa shape index (κ3) is 3.85. The van der Waals surface area contributed by atoms with Crippen molar-refractivity contribution in [2.75, 3.05) is 7.11 Å². The van der Waals surface area contributed by atoms with Gasteiger partial charge in [0, 0.05) is 12.0 Å². The van der Waals surface area contributed by atoms with Gasteiger partial charge in [-0.15, -0.1) is 0 Å². The largest absolute Gasteiger partial charge is 0.377 e. The maximum absolute atomic E-state index is 13.3. The number of ether oxygens (including phenoxy) is 1. The maximum Gasteiger partial charge on any atom is 0.202 e. The molecule has 0 bridgehead atoms. The lowest BCUT2D eigenvalue weighted by Gasteiger charge is -2.28. The van der Waals surface area contributed by atoms with E-state index in [0.717, 1.165) is 12.8 Å². The average Bonchev–Trinajstić information content (AvgIpc) is 2.66. The molecule has 0 saturated carbocycles. The minimum atomic E-state index is -3.51. The maximum atomic E-state index is 13.3. The Hall–Kier alpha value is -1.69. The van der Waals surface area contributed by atoms with Crippen LogP contribution in [-0.4, -0.2) is 31.2 Å². The molecular weight excluding hydrogens is 360 g/mol. The molecule has 2 radical (unpaired) electrons. The zero-order chi connectivity index (χ0) is 18.7. The molecule has 0 heterocycles. The van der Waals surface area contributed by atoms with Crippen LogP contribution in [-0.2, 0) is 14.6 Å². The van der Waals surface area contributed by atoms with Crippen LogP contribution in [0.3, 0.4) is 0 Å². The first-order valence-electron chi connectivity index (χ1n) is 8.81. The Morgan fingerprint density at radius 1 is 1.00 bits per heavy atom. The Kier molecular flexibility index (Phi) is 5.80. The number of aryl methyl sites for hydroxylation is 1. The Balaban J connectivity index is 2.00. The first-order valence-corrected chi connectivity index (χ1v) is 11.4. The smallest absolute Gasteiger partial charge is 0.202 e. The standard InChI is InChI=1S/C21H24O3SSi/c1-15-8-7-11-20(16(15)2)26-21-13-12-17(24-3)14-19(21)25(22,23)18-9-5-4-6-10-18/h4-11,14,17,21H,12-13H2,1-3H3.